The molecular weight excluding hydrogens is 384 g/mol. The van der Waals surface area contributed by atoms with Gasteiger partial charge in [0.1, 0.15) is 5.82 Å². The topological polar surface area (TPSA) is 62.2 Å². The number of pyridine rings is 1. The van der Waals surface area contributed by atoms with Gasteiger partial charge in [0.2, 0.25) is 6.41 Å². The zero-order chi connectivity index (χ0) is 23.4. The van der Waals surface area contributed by atoms with Crippen molar-refractivity contribution in [3.8, 4) is 0 Å². The van der Waals surface area contributed by atoms with Gasteiger partial charge in [0.15, 0.2) is 0 Å². The van der Waals surface area contributed by atoms with Crippen molar-refractivity contribution in [2.45, 2.75) is 73.3 Å². The van der Waals surface area contributed by atoms with Crippen LogP contribution in [0.3, 0.4) is 0 Å². The number of nitrogens with zero attached hydrogens (tertiary/aromatic N) is 1. The number of amides is 1. The molecular formula is C27H38N2O2. The third-order valence-electron chi connectivity index (χ3n) is 5.22. The molecule has 0 aliphatic heterocycles. The molecule has 2 N–H and O–H groups in total. The Morgan fingerprint density at radius 1 is 1.23 bits per heavy atom. The number of aliphatic hydroxyl groups excluding tert-OH is 1. The highest BCUT2D eigenvalue weighted by molar-refractivity contribution is 5.73. The lowest BCUT2D eigenvalue weighted by molar-refractivity contribution is -0.105. The number of hydrogen-bond donors (Lipinski definition) is 2. The molecule has 0 radical (unpaired) electrons. The van der Waals surface area contributed by atoms with Gasteiger partial charge in [-0.25, -0.2) is 4.98 Å². The normalized spacial score (nSPS) is 14.4. The average molecular weight is 423 g/mol. The molecule has 0 bridgehead atoms. The van der Waals surface area contributed by atoms with Crippen molar-refractivity contribution in [1.29, 1.82) is 0 Å². The lowest BCUT2D eigenvalue weighted by Gasteiger charge is -2.17. The third-order valence-corrected chi connectivity index (χ3v) is 5.22. The quantitative estimate of drug-likeness (QED) is 0.291. The number of allylic oxidation sites excluding steroid dienone is 6. The van der Waals surface area contributed by atoms with E-state index in [2.05, 4.69) is 62.8 Å². The molecule has 0 spiro atoms. The summed E-state index contributed by atoms with van der Waals surface area (Å²) in [6.07, 6.45) is 14.1. The fourth-order valence-corrected chi connectivity index (χ4v) is 3.39. The maximum absolute atomic E-state index is 10.7. The predicted molar refractivity (Wildman–Crippen MR) is 133 cm³/mol. The molecule has 168 valence electrons. The summed E-state index contributed by atoms with van der Waals surface area (Å²) in [6.45, 7) is 16.5. The van der Waals surface area contributed by atoms with Crippen LogP contribution in [0.15, 0.2) is 64.9 Å². The number of anilines is 1. The van der Waals surface area contributed by atoms with Gasteiger partial charge in [-0.05, 0) is 91.7 Å². The van der Waals surface area contributed by atoms with Gasteiger partial charge in [-0.15, -0.1) is 0 Å². The van der Waals surface area contributed by atoms with Gasteiger partial charge in [0, 0.05) is 6.20 Å². The van der Waals surface area contributed by atoms with E-state index in [0.29, 0.717) is 18.6 Å². The van der Waals surface area contributed by atoms with Crippen LogP contribution in [0.2, 0.25) is 0 Å². The number of rotatable bonds is 12. The molecule has 1 aromatic heterocycles. The first-order chi connectivity index (χ1) is 14.8. The van der Waals surface area contributed by atoms with Crippen molar-refractivity contribution < 1.29 is 9.90 Å². The molecule has 0 aliphatic rings. The van der Waals surface area contributed by atoms with Crippen molar-refractivity contribution in [1.82, 2.24) is 4.98 Å². The monoisotopic (exact) mass is 422 g/mol. The van der Waals surface area contributed by atoms with Crippen molar-refractivity contribution in [3.63, 3.8) is 0 Å². The van der Waals surface area contributed by atoms with Crippen LogP contribution < -0.4 is 5.32 Å². The molecule has 1 atom stereocenters. The van der Waals surface area contributed by atoms with Gasteiger partial charge in [0.25, 0.3) is 0 Å². The number of hydrogen-bond acceptors (Lipinski definition) is 3. The summed E-state index contributed by atoms with van der Waals surface area (Å²) in [5.74, 6) is 0.535. The number of aryl methyl sites for hydroxylation is 1. The minimum Gasteiger partial charge on any atom is -0.388 e. The Balaban J connectivity index is 3.48. The second kappa shape index (κ2) is 13.6. The van der Waals surface area contributed by atoms with Gasteiger partial charge < -0.3 is 10.4 Å². The molecule has 0 aliphatic carbocycles. The van der Waals surface area contributed by atoms with Crippen LogP contribution in [-0.4, -0.2) is 22.6 Å². The number of aliphatic hydroxyl groups is 1. The first-order valence-electron chi connectivity index (χ1n) is 11.1. The van der Waals surface area contributed by atoms with E-state index in [1.165, 1.54) is 5.57 Å². The van der Waals surface area contributed by atoms with Crippen LogP contribution >= 0.6 is 0 Å². The SMILES string of the molecule is C=C(\C=C(C)/C(=C\C)C(=C/c1cnc(NC=O)cc1C)/C(C)=C/CCC)C(O)CCC. The fourth-order valence-electron chi connectivity index (χ4n) is 3.39. The minimum atomic E-state index is -0.522. The first kappa shape index (κ1) is 26.3. The van der Waals surface area contributed by atoms with Gasteiger partial charge >= 0.3 is 0 Å². The largest absolute Gasteiger partial charge is 0.388 e. The lowest BCUT2D eigenvalue weighted by Crippen LogP contribution is -2.08. The molecule has 1 unspecified atom stereocenters. The van der Waals surface area contributed by atoms with Gasteiger partial charge in [0.05, 0.1) is 6.10 Å². The Kier molecular flexibility index (Phi) is 11.5. The van der Waals surface area contributed by atoms with Crippen molar-refractivity contribution in [2.24, 2.45) is 0 Å². The maximum Gasteiger partial charge on any atom is 0.212 e. The highest BCUT2D eigenvalue weighted by Crippen LogP contribution is 2.30. The standard InChI is InChI=1S/C27H38N2O2/c1-8-11-13-19(4)25(16-23-17-28-27(29-18-30)15-20(23)5)24(10-3)21(6)14-22(7)26(31)12-9-2/h10,13-18,26,31H,7-9,11-12H2,1-6H3,(H,28,29,30)/b19-13+,21-14-,24-10+,25-16+. The summed E-state index contributed by atoms with van der Waals surface area (Å²) in [7, 11) is 0. The van der Waals surface area contributed by atoms with E-state index in [9.17, 15) is 9.90 Å². The smallest absolute Gasteiger partial charge is 0.212 e. The first-order valence-corrected chi connectivity index (χ1v) is 11.1. The van der Waals surface area contributed by atoms with Gasteiger partial charge in [-0.1, -0.05) is 51.5 Å². The molecule has 1 aromatic rings. The van der Waals surface area contributed by atoms with Crippen LogP contribution in [-0.2, 0) is 4.79 Å². The fraction of sp³-hybridized carbons (Fsp3) is 0.407. The van der Waals surface area contributed by atoms with Gasteiger partial charge in [-0.2, -0.15) is 0 Å². The van der Waals surface area contributed by atoms with Crippen LogP contribution in [0.1, 0.15) is 71.4 Å². The third kappa shape index (κ3) is 8.14. The van der Waals surface area contributed by atoms with E-state index in [1.54, 1.807) is 6.20 Å². The molecule has 0 aromatic carbocycles. The molecule has 4 nitrogen and oxygen atoms in total. The summed E-state index contributed by atoms with van der Waals surface area (Å²) in [4.78, 5) is 15.0. The molecule has 0 saturated heterocycles. The molecule has 1 rings (SSSR count). The van der Waals surface area contributed by atoms with Gasteiger partial charge in [-0.3, -0.25) is 4.79 Å². The average Bonchev–Trinajstić information content (AvgIpc) is 2.73. The number of carbonyl (C=O) groups excluding carboxylic acids is 1. The maximum atomic E-state index is 10.7. The van der Waals surface area contributed by atoms with E-state index in [4.69, 9.17) is 0 Å². The number of unbranched alkanes of at least 4 members (excludes halogenated alkanes) is 1. The molecule has 0 fully saturated rings. The van der Waals surface area contributed by atoms with E-state index < -0.39 is 6.10 Å². The van der Waals surface area contributed by atoms with Crippen LogP contribution in [0.4, 0.5) is 5.82 Å². The predicted octanol–water partition coefficient (Wildman–Crippen LogP) is 6.70. The molecule has 1 heterocycles. The minimum absolute atomic E-state index is 0.522. The molecule has 4 heteroatoms. The molecule has 1 amide bonds. The second-order valence-electron chi connectivity index (χ2n) is 7.83. The van der Waals surface area contributed by atoms with E-state index in [1.807, 2.05) is 26.0 Å². The van der Waals surface area contributed by atoms with Crippen molar-refractivity contribution >= 4 is 18.3 Å². The highest BCUT2D eigenvalue weighted by Gasteiger charge is 2.13. The number of carbonyl (C=O) groups is 1. The Labute approximate surface area is 188 Å². The Hall–Kier alpha value is -2.72. The Bertz CT molecular complexity index is 888. The summed E-state index contributed by atoms with van der Waals surface area (Å²) >= 11 is 0. The summed E-state index contributed by atoms with van der Waals surface area (Å²) in [5.41, 5.74) is 7.22. The zero-order valence-corrected chi connectivity index (χ0v) is 20.0. The Morgan fingerprint density at radius 2 is 1.94 bits per heavy atom. The van der Waals surface area contributed by atoms with Crippen molar-refractivity contribution in [2.75, 3.05) is 5.32 Å². The van der Waals surface area contributed by atoms with Crippen LogP contribution in [0.5, 0.6) is 0 Å². The zero-order valence-electron chi connectivity index (χ0n) is 20.0. The van der Waals surface area contributed by atoms with E-state index in [0.717, 1.165) is 52.7 Å². The second-order valence-corrected chi connectivity index (χ2v) is 7.83. The summed E-state index contributed by atoms with van der Waals surface area (Å²) in [6, 6.07) is 1.87. The van der Waals surface area contributed by atoms with Crippen molar-refractivity contribution in [3.05, 3.63) is 76.1 Å². The summed E-state index contributed by atoms with van der Waals surface area (Å²) in [5, 5.41) is 12.9. The lowest BCUT2D eigenvalue weighted by atomic mass is 9.89. The summed E-state index contributed by atoms with van der Waals surface area (Å²) < 4.78 is 0. The number of nitrogens with one attached hydrogen (secondary N) is 1. The molecule has 0 saturated carbocycles. The van der Waals surface area contributed by atoms with Crippen LogP contribution in [0, 0.1) is 6.92 Å². The van der Waals surface area contributed by atoms with E-state index in [-0.39, 0.29) is 0 Å². The molecule has 31 heavy (non-hydrogen) atoms. The number of aromatic nitrogens is 1. The highest BCUT2D eigenvalue weighted by atomic mass is 16.3. The Morgan fingerprint density at radius 3 is 2.48 bits per heavy atom. The van der Waals surface area contributed by atoms with Crippen LogP contribution in [0.25, 0.3) is 6.08 Å². The van der Waals surface area contributed by atoms with E-state index >= 15 is 0 Å².